The Hall–Kier alpha value is -1.81. The maximum atomic E-state index is 5.74. The average molecular weight is 288 g/mol. The van der Waals surface area contributed by atoms with E-state index in [2.05, 4.69) is 25.9 Å². The van der Waals surface area contributed by atoms with E-state index in [1.54, 1.807) is 0 Å². The number of nitrogens with zero attached hydrogens (tertiary/aromatic N) is 1. The number of nitrogen functional groups attached to an aromatic ring is 1. The van der Waals surface area contributed by atoms with Gasteiger partial charge >= 0.3 is 0 Å². The molecule has 17 heavy (non-hydrogen) atoms. The Labute approximate surface area is 107 Å². The van der Waals surface area contributed by atoms with Crippen LogP contribution in [0.25, 0.3) is 22.4 Å². The Morgan fingerprint density at radius 1 is 1.12 bits per heavy atom. The Morgan fingerprint density at radius 2 is 2.00 bits per heavy atom. The molecular weight excluding hydrogens is 278 g/mol. The van der Waals surface area contributed by atoms with Crippen molar-refractivity contribution in [2.24, 2.45) is 0 Å². The lowest BCUT2D eigenvalue weighted by molar-refractivity contribution is 1.33. The first-order valence-corrected chi connectivity index (χ1v) is 6.03. The third-order valence-electron chi connectivity index (χ3n) is 2.60. The monoisotopic (exact) mass is 287 g/mol. The molecule has 0 saturated heterocycles. The Bertz CT molecular complexity index is 688. The molecule has 1 heterocycles. The summed E-state index contributed by atoms with van der Waals surface area (Å²) in [7, 11) is 0. The number of aromatic nitrogens is 2. The first kappa shape index (κ1) is 10.4. The van der Waals surface area contributed by atoms with Crippen molar-refractivity contribution in [3.63, 3.8) is 0 Å². The minimum atomic E-state index is 0.738. The van der Waals surface area contributed by atoms with Crippen LogP contribution in [0.3, 0.4) is 0 Å². The number of hydrogen-bond acceptors (Lipinski definition) is 2. The van der Waals surface area contributed by atoms with Gasteiger partial charge < -0.3 is 10.7 Å². The van der Waals surface area contributed by atoms with Crippen LogP contribution in [0.1, 0.15) is 0 Å². The van der Waals surface area contributed by atoms with E-state index < -0.39 is 0 Å². The highest BCUT2D eigenvalue weighted by Crippen LogP contribution is 2.24. The fourth-order valence-electron chi connectivity index (χ4n) is 1.80. The maximum absolute atomic E-state index is 5.74. The quantitative estimate of drug-likeness (QED) is 0.672. The summed E-state index contributed by atoms with van der Waals surface area (Å²) < 4.78 is 1.04. The number of anilines is 1. The van der Waals surface area contributed by atoms with Gasteiger partial charge in [0, 0.05) is 15.7 Å². The summed E-state index contributed by atoms with van der Waals surface area (Å²) in [6.45, 7) is 0. The molecular formula is C13H10BrN3. The zero-order chi connectivity index (χ0) is 11.8. The number of nitrogens with one attached hydrogen (secondary N) is 1. The van der Waals surface area contributed by atoms with E-state index in [9.17, 15) is 0 Å². The number of fused-ring (bicyclic) bond motifs is 1. The van der Waals surface area contributed by atoms with Crippen LogP contribution in [0, 0.1) is 0 Å². The van der Waals surface area contributed by atoms with E-state index in [0.29, 0.717) is 0 Å². The predicted molar refractivity (Wildman–Crippen MR) is 73.6 cm³/mol. The van der Waals surface area contributed by atoms with Crippen LogP contribution in [-0.2, 0) is 0 Å². The van der Waals surface area contributed by atoms with E-state index in [4.69, 9.17) is 5.73 Å². The second-order valence-corrected chi connectivity index (χ2v) is 4.79. The van der Waals surface area contributed by atoms with Gasteiger partial charge in [0.2, 0.25) is 0 Å². The number of benzene rings is 2. The number of rotatable bonds is 1. The van der Waals surface area contributed by atoms with Gasteiger partial charge in [0.1, 0.15) is 5.82 Å². The van der Waals surface area contributed by atoms with Gasteiger partial charge in [0.15, 0.2) is 0 Å². The summed E-state index contributed by atoms with van der Waals surface area (Å²) >= 11 is 3.45. The number of halogens is 1. The second kappa shape index (κ2) is 3.89. The minimum absolute atomic E-state index is 0.738. The highest BCUT2D eigenvalue weighted by atomic mass is 79.9. The molecule has 0 saturated carbocycles. The number of nitrogens with two attached hydrogens (primary N) is 1. The standard InChI is InChI=1S/C13H10BrN3/c14-9-3-1-2-8(6-9)13-16-11-5-4-10(15)7-12(11)17-13/h1-7H,15H2,(H,16,17). The minimum Gasteiger partial charge on any atom is -0.399 e. The molecule has 3 nitrogen and oxygen atoms in total. The van der Waals surface area contributed by atoms with Crippen molar-refractivity contribution in [1.82, 2.24) is 9.97 Å². The molecule has 0 aliphatic heterocycles. The summed E-state index contributed by atoms with van der Waals surface area (Å²) in [5.41, 5.74) is 9.41. The van der Waals surface area contributed by atoms with E-state index in [1.807, 2.05) is 42.5 Å². The second-order valence-electron chi connectivity index (χ2n) is 3.87. The lowest BCUT2D eigenvalue weighted by Crippen LogP contribution is -1.82. The number of hydrogen-bond donors (Lipinski definition) is 2. The van der Waals surface area contributed by atoms with Crippen LogP contribution >= 0.6 is 15.9 Å². The van der Waals surface area contributed by atoms with Crippen molar-refractivity contribution < 1.29 is 0 Å². The average Bonchev–Trinajstić information content (AvgIpc) is 2.72. The van der Waals surface area contributed by atoms with E-state index in [0.717, 1.165) is 32.6 Å². The Balaban J connectivity index is 2.18. The number of H-pyrrole nitrogens is 1. The SMILES string of the molecule is Nc1ccc2nc(-c3cccc(Br)c3)[nH]c2c1. The molecule has 0 fully saturated rings. The van der Waals surface area contributed by atoms with Gasteiger partial charge in [-0.15, -0.1) is 0 Å². The van der Waals surface area contributed by atoms with Crippen molar-refractivity contribution in [2.45, 2.75) is 0 Å². The molecule has 4 heteroatoms. The van der Waals surface area contributed by atoms with Gasteiger partial charge in [-0.25, -0.2) is 4.98 Å². The van der Waals surface area contributed by atoms with E-state index in [1.165, 1.54) is 0 Å². The normalized spacial score (nSPS) is 10.9. The first-order valence-electron chi connectivity index (χ1n) is 5.23. The lowest BCUT2D eigenvalue weighted by atomic mass is 10.2. The van der Waals surface area contributed by atoms with Gasteiger partial charge in [-0.2, -0.15) is 0 Å². The van der Waals surface area contributed by atoms with Crippen LogP contribution < -0.4 is 5.73 Å². The molecule has 0 spiro atoms. The molecule has 84 valence electrons. The summed E-state index contributed by atoms with van der Waals surface area (Å²) in [4.78, 5) is 7.80. The molecule has 3 aromatic rings. The maximum Gasteiger partial charge on any atom is 0.138 e. The van der Waals surface area contributed by atoms with Gasteiger partial charge in [0.25, 0.3) is 0 Å². The molecule has 0 aliphatic carbocycles. The van der Waals surface area contributed by atoms with Crippen LogP contribution in [0.15, 0.2) is 46.9 Å². The third kappa shape index (κ3) is 1.91. The zero-order valence-corrected chi connectivity index (χ0v) is 10.5. The van der Waals surface area contributed by atoms with Crippen molar-refractivity contribution in [1.29, 1.82) is 0 Å². The summed E-state index contributed by atoms with van der Waals surface area (Å²) in [6, 6.07) is 13.7. The molecule has 0 aliphatic rings. The molecule has 0 amide bonds. The molecule has 1 aromatic heterocycles. The van der Waals surface area contributed by atoms with E-state index in [-0.39, 0.29) is 0 Å². The predicted octanol–water partition coefficient (Wildman–Crippen LogP) is 3.57. The molecule has 0 bridgehead atoms. The van der Waals surface area contributed by atoms with Crippen LogP contribution in [0.5, 0.6) is 0 Å². The molecule has 3 N–H and O–H groups in total. The zero-order valence-electron chi connectivity index (χ0n) is 8.94. The Morgan fingerprint density at radius 3 is 2.82 bits per heavy atom. The fraction of sp³-hybridized carbons (Fsp3) is 0. The van der Waals surface area contributed by atoms with Gasteiger partial charge in [-0.05, 0) is 30.3 Å². The van der Waals surface area contributed by atoms with Crippen molar-refractivity contribution in [3.8, 4) is 11.4 Å². The summed E-state index contributed by atoms with van der Waals surface area (Å²) in [5.74, 6) is 0.854. The number of imidazole rings is 1. The van der Waals surface area contributed by atoms with Gasteiger partial charge in [-0.1, -0.05) is 28.1 Å². The van der Waals surface area contributed by atoms with Gasteiger partial charge in [-0.3, -0.25) is 0 Å². The topological polar surface area (TPSA) is 54.7 Å². The van der Waals surface area contributed by atoms with Crippen LogP contribution in [-0.4, -0.2) is 9.97 Å². The smallest absolute Gasteiger partial charge is 0.138 e. The van der Waals surface area contributed by atoms with Crippen molar-refractivity contribution >= 4 is 32.7 Å². The summed E-state index contributed by atoms with van der Waals surface area (Å²) in [5, 5.41) is 0. The highest BCUT2D eigenvalue weighted by Gasteiger charge is 2.05. The molecule has 0 unspecified atom stereocenters. The molecule has 3 rings (SSSR count). The van der Waals surface area contributed by atoms with Crippen LogP contribution in [0.2, 0.25) is 0 Å². The fourth-order valence-corrected chi connectivity index (χ4v) is 2.20. The van der Waals surface area contributed by atoms with E-state index >= 15 is 0 Å². The summed E-state index contributed by atoms with van der Waals surface area (Å²) in [6.07, 6.45) is 0. The first-order chi connectivity index (χ1) is 8.22. The largest absolute Gasteiger partial charge is 0.399 e. The van der Waals surface area contributed by atoms with Crippen LogP contribution in [0.4, 0.5) is 5.69 Å². The lowest BCUT2D eigenvalue weighted by Gasteiger charge is -1.96. The molecule has 0 radical (unpaired) electrons. The highest BCUT2D eigenvalue weighted by molar-refractivity contribution is 9.10. The van der Waals surface area contributed by atoms with Gasteiger partial charge in [0.05, 0.1) is 11.0 Å². The third-order valence-corrected chi connectivity index (χ3v) is 3.10. The Kier molecular flexibility index (Phi) is 2.37. The molecule has 2 aromatic carbocycles. The van der Waals surface area contributed by atoms with Crippen molar-refractivity contribution in [2.75, 3.05) is 5.73 Å². The number of aromatic amines is 1. The molecule has 0 atom stereocenters. The van der Waals surface area contributed by atoms with Crippen molar-refractivity contribution in [3.05, 3.63) is 46.9 Å².